The Morgan fingerprint density at radius 1 is 1.47 bits per heavy atom. The first-order valence-corrected chi connectivity index (χ1v) is 7.94. The summed E-state index contributed by atoms with van der Waals surface area (Å²) in [6, 6.07) is 7.94. The summed E-state index contributed by atoms with van der Waals surface area (Å²) in [5.74, 6) is 0. The van der Waals surface area contributed by atoms with Crippen LogP contribution in [0.2, 0.25) is 10.0 Å². The van der Waals surface area contributed by atoms with Crippen LogP contribution >= 0.6 is 35.0 Å². The van der Waals surface area contributed by atoms with Crippen LogP contribution in [0.5, 0.6) is 0 Å². The third-order valence-corrected chi connectivity index (χ3v) is 5.59. The molecule has 0 spiro atoms. The molecule has 19 heavy (non-hydrogen) atoms. The zero-order valence-electron chi connectivity index (χ0n) is 10.7. The van der Waals surface area contributed by atoms with Crippen LogP contribution in [0.1, 0.15) is 25.7 Å². The number of nitriles is 1. The Morgan fingerprint density at radius 3 is 2.95 bits per heavy atom. The molecule has 1 fully saturated rings. The van der Waals surface area contributed by atoms with E-state index in [0.717, 1.165) is 35.6 Å². The molecule has 0 amide bonds. The van der Waals surface area contributed by atoms with E-state index in [-0.39, 0.29) is 5.54 Å². The zero-order chi connectivity index (χ0) is 13.9. The number of hydrogen-bond acceptors (Lipinski definition) is 3. The van der Waals surface area contributed by atoms with Gasteiger partial charge in [0.05, 0.1) is 11.1 Å². The van der Waals surface area contributed by atoms with Crippen LogP contribution in [-0.4, -0.2) is 17.8 Å². The molecule has 2 nitrogen and oxygen atoms in total. The summed E-state index contributed by atoms with van der Waals surface area (Å²) >= 11 is 13.9. The lowest BCUT2D eigenvalue weighted by Crippen LogP contribution is -2.46. The predicted octanol–water partition coefficient (Wildman–Crippen LogP) is 4.51. The van der Waals surface area contributed by atoms with Crippen molar-refractivity contribution in [3.63, 3.8) is 0 Å². The first-order chi connectivity index (χ1) is 9.08. The Kier molecular flexibility index (Phi) is 5.03. The van der Waals surface area contributed by atoms with Crippen LogP contribution in [0.25, 0.3) is 0 Å². The van der Waals surface area contributed by atoms with E-state index in [9.17, 15) is 5.26 Å². The highest BCUT2D eigenvalue weighted by Gasteiger charge is 2.35. The molecule has 0 aromatic heterocycles. The Morgan fingerprint density at radius 2 is 2.26 bits per heavy atom. The Hall–Kier alpha value is -0.400. The van der Waals surface area contributed by atoms with Crippen molar-refractivity contribution in [2.75, 3.05) is 7.05 Å². The molecule has 5 heteroatoms. The second kappa shape index (κ2) is 6.37. The van der Waals surface area contributed by atoms with Crippen molar-refractivity contribution in [2.45, 2.75) is 41.4 Å². The van der Waals surface area contributed by atoms with Gasteiger partial charge in [-0.05, 0) is 50.9 Å². The SMILES string of the molecule is CNC1(C#N)CCCC(Sc2cc(Cl)ccc2Cl)C1. The van der Waals surface area contributed by atoms with Crippen molar-refractivity contribution in [3.8, 4) is 6.07 Å². The number of nitrogens with zero attached hydrogens (tertiary/aromatic N) is 1. The van der Waals surface area contributed by atoms with Gasteiger partial charge in [0.2, 0.25) is 0 Å². The van der Waals surface area contributed by atoms with Crippen molar-refractivity contribution in [3.05, 3.63) is 28.2 Å². The second-order valence-corrected chi connectivity index (χ2v) is 7.04. The number of hydrogen-bond donors (Lipinski definition) is 1. The van der Waals surface area contributed by atoms with Gasteiger partial charge in [0, 0.05) is 15.2 Å². The maximum atomic E-state index is 9.36. The molecule has 1 aliphatic carbocycles. The van der Waals surface area contributed by atoms with Gasteiger partial charge in [-0.3, -0.25) is 0 Å². The summed E-state index contributed by atoms with van der Waals surface area (Å²) < 4.78 is 0. The van der Waals surface area contributed by atoms with Gasteiger partial charge in [-0.1, -0.05) is 23.2 Å². The molecule has 2 atom stereocenters. The van der Waals surface area contributed by atoms with Crippen LogP contribution in [0.3, 0.4) is 0 Å². The lowest BCUT2D eigenvalue weighted by Gasteiger charge is -2.35. The van der Waals surface area contributed by atoms with E-state index in [4.69, 9.17) is 23.2 Å². The predicted molar refractivity (Wildman–Crippen MR) is 82.0 cm³/mol. The van der Waals surface area contributed by atoms with Crippen molar-refractivity contribution in [2.24, 2.45) is 0 Å². The van der Waals surface area contributed by atoms with E-state index < -0.39 is 0 Å². The largest absolute Gasteiger partial charge is 0.302 e. The van der Waals surface area contributed by atoms with Gasteiger partial charge in [-0.25, -0.2) is 0 Å². The highest BCUT2D eigenvalue weighted by atomic mass is 35.5. The fraction of sp³-hybridized carbons (Fsp3) is 0.500. The molecular formula is C14H16Cl2N2S. The van der Waals surface area contributed by atoms with E-state index in [0.29, 0.717) is 10.3 Å². The van der Waals surface area contributed by atoms with Crippen LogP contribution in [0.4, 0.5) is 0 Å². The molecule has 1 aromatic rings. The number of thioether (sulfide) groups is 1. The quantitative estimate of drug-likeness (QED) is 0.891. The van der Waals surface area contributed by atoms with Gasteiger partial charge < -0.3 is 5.32 Å². The summed E-state index contributed by atoms with van der Waals surface area (Å²) in [5.41, 5.74) is -0.388. The molecule has 0 saturated heterocycles. The van der Waals surface area contributed by atoms with Gasteiger partial charge in [0.15, 0.2) is 0 Å². The maximum Gasteiger partial charge on any atom is 0.107 e. The summed E-state index contributed by atoms with van der Waals surface area (Å²) in [5, 5.41) is 14.4. The zero-order valence-corrected chi connectivity index (χ0v) is 13.1. The van der Waals surface area contributed by atoms with Crippen molar-refractivity contribution < 1.29 is 0 Å². The topological polar surface area (TPSA) is 35.8 Å². The molecule has 1 aliphatic rings. The monoisotopic (exact) mass is 314 g/mol. The number of rotatable bonds is 3. The second-order valence-electron chi connectivity index (χ2n) is 4.85. The summed E-state index contributed by atoms with van der Waals surface area (Å²) in [4.78, 5) is 1.00. The van der Waals surface area contributed by atoms with E-state index in [2.05, 4.69) is 11.4 Å². The molecule has 1 N–H and O–H groups in total. The average molecular weight is 315 g/mol. The lowest BCUT2D eigenvalue weighted by molar-refractivity contribution is 0.323. The minimum atomic E-state index is -0.388. The summed E-state index contributed by atoms with van der Waals surface area (Å²) in [6.45, 7) is 0. The smallest absolute Gasteiger partial charge is 0.107 e. The molecule has 0 radical (unpaired) electrons. The van der Waals surface area contributed by atoms with Crippen LogP contribution in [0, 0.1) is 11.3 Å². The molecule has 0 heterocycles. The Labute approximate surface area is 128 Å². The molecule has 1 aromatic carbocycles. The number of benzene rings is 1. The molecule has 0 aliphatic heterocycles. The fourth-order valence-corrected chi connectivity index (χ4v) is 4.33. The molecular weight excluding hydrogens is 299 g/mol. The van der Waals surface area contributed by atoms with Crippen molar-refractivity contribution in [1.29, 1.82) is 5.26 Å². The minimum Gasteiger partial charge on any atom is -0.302 e. The fourth-order valence-electron chi connectivity index (χ4n) is 2.46. The van der Waals surface area contributed by atoms with Gasteiger partial charge in [-0.15, -0.1) is 11.8 Å². The third-order valence-electron chi connectivity index (χ3n) is 3.59. The summed E-state index contributed by atoms with van der Waals surface area (Å²) in [6.07, 6.45) is 3.93. The summed E-state index contributed by atoms with van der Waals surface area (Å²) in [7, 11) is 1.86. The van der Waals surface area contributed by atoms with Gasteiger partial charge in [0.25, 0.3) is 0 Å². The van der Waals surface area contributed by atoms with Crippen molar-refractivity contribution >= 4 is 35.0 Å². The van der Waals surface area contributed by atoms with Crippen LogP contribution in [-0.2, 0) is 0 Å². The molecule has 0 bridgehead atoms. The third kappa shape index (κ3) is 3.58. The molecule has 1 saturated carbocycles. The van der Waals surface area contributed by atoms with Gasteiger partial charge in [0.1, 0.15) is 5.54 Å². The standard InChI is InChI=1S/C14H16Cl2N2S/c1-18-14(9-17)6-2-3-11(8-14)19-13-7-10(15)4-5-12(13)16/h4-5,7,11,18H,2-3,6,8H2,1H3. The van der Waals surface area contributed by atoms with Crippen LogP contribution in [0.15, 0.2) is 23.1 Å². The number of nitrogens with one attached hydrogen (secondary N) is 1. The first-order valence-electron chi connectivity index (χ1n) is 6.30. The van der Waals surface area contributed by atoms with Gasteiger partial charge in [-0.2, -0.15) is 5.26 Å². The lowest BCUT2D eigenvalue weighted by atomic mass is 9.83. The normalized spacial score (nSPS) is 26.9. The molecule has 102 valence electrons. The minimum absolute atomic E-state index is 0.388. The van der Waals surface area contributed by atoms with Crippen LogP contribution < -0.4 is 5.32 Å². The molecule has 2 rings (SSSR count). The Bertz CT molecular complexity index is 501. The van der Waals surface area contributed by atoms with E-state index >= 15 is 0 Å². The van der Waals surface area contributed by atoms with E-state index in [1.54, 1.807) is 17.8 Å². The first kappa shape index (κ1) is 15.0. The van der Waals surface area contributed by atoms with Gasteiger partial charge >= 0.3 is 0 Å². The Balaban J connectivity index is 2.11. The number of halogens is 2. The van der Waals surface area contributed by atoms with E-state index in [1.165, 1.54) is 0 Å². The van der Waals surface area contributed by atoms with E-state index in [1.807, 2.05) is 19.2 Å². The van der Waals surface area contributed by atoms with Crippen molar-refractivity contribution in [1.82, 2.24) is 5.32 Å². The maximum absolute atomic E-state index is 9.36. The highest BCUT2D eigenvalue weighted by Crippen LogP contribution is 2.40. The highest BCUT2D eigenvalue weighted by molar-refractivity contribution is 8.00. The molecule has 2 unspecified atom stereocenters. The average Bonchev–Trinajstić information content (AvgIpc) is 2.43.